The molecule has 0 saturated heterocycles. The monoisotopic (exact) mass is 359 g/mol. The molecule has 1 N–H and O–H groups in total. The summed E-state index contributed by atoms with van der Waals surface area (Å²) in [7, 11) is 0. The Balaban J connectivity index is 1.51. The van der Waals surface area contributed by atoms with Crippen molar-refractivity contribution in [1.29, 1.82) is 0 Å². The first kappa shape index (κ1) is 15.4. The Morgan fingerprint density at radius 1 is 1.12 bits per heavy atom. The van der Waals surface area contributed by atoms with E-state index in [9.17, 15) is 4.79 Å². The molecule has 122 valence electrons. The maximum Gasteiger partial charge on any atom is 0.322 e. The van der Waals surface area contributed by atoms with Crippen LogP contribution in [0.1, 0.15) is 34.3 Å². The number of thiophene rings is 1. The van der Waals surface area contributed by atoms with Crippen molar-refractivity contribution in [1.82, 2.24) is 10.2 Å². The van der Waals surface area contributed by atoms with Crippen molar-refractivity contribution >= 4 is 34.9 Å². The third kappa shape index (κ3) is 3.07. The molecule has 0 radical (unpaired) electrons. The number of aryl methyl sites for hydroxylation is 2. The Morgan fingerprint density at radius 2 is 1.96 bits per heavy atom. The fraction of sp³-hybridized carbons (Fsp3) is 0.235. The van der Waals surface area contributed by atoms with Gasteiger partial charge in [-0.25, -0.2) is 0 Å². The van der Waals surface area contributed by atoms with Crippen LogP contribution >= 0.6 is 22.9 Å². The van der Waals surface area contributed by atoms with Crippen molar-refractivity contribution in [3.05, 3.63) is 51.4 Å². The number of halogens is 1. The molecule has 7 heteroatoms. The van der Waals surface area contributed by atoms with Crippen LogP contribution in [0.25, 0.3) is 10.8 Å². The van der Waals surface area contributed by atoms with E-state index < -0.39 is 0 Å². The van der Waals surface area contributed by atoms with Gasteiger partial charge in [0.25, 0.3) is 11.8 Å². The van der Waals surface area contributed by atoms with Gasteiger partial charge < -0.3 is 4.42 Å². The van der Waals surface area contributed by atoms with Gasteiger partial charge in [0.2, 0.25) is 0 Å². The number of rotatable bonds is 3. The highest BCUT2D eigenvalue weighted by Gasteiger charge is 2.16. The Labute approximate surface area is 147 Å². The summed E-state index contributed by atoms with van der Waals surface area (Å²) in [5.74, 6) is 0.0930. The molecule has 4 rings (SSSR count). The molecule has 0 unspecified atom stereocenters. The van der Waals surface area contributed by atoms with Crippen molar-refractivity contribution in [2.75, 3.05) is 5.32 Å². The minimum atomic E-state index is -0.247. The highest BCUT2D eigenvalue weighted by molar-refractivity contribution is 7.19. The topological polar surface area (TPSA) is 68.0 Å². The van der Waals surface area contributed by atoms with Gasteiger partial charge in [-0.1, -0.05) is 22.8 Å². The maximum absolute atomic E-state index is 12.4. The number of fused-ring (bicyclic) bond motifs is 1. The lowest BCUT2D eigenvalue weighted by atomic mass is 9.90. The molecule has 0 bridgehead atoms. The standard InChI is InChI=1S/C17H14ClN3O2S/c18-14-8-7-13(24-14)16-20-21-17(23-16)19-15(22)12-6-5-10-3-1-2-4-11(10)9-12/h5-9H,1-4H2,(H,19,21,22). The van der Waals surface area contributed by atoms with E-state index in [1.807, 2.05) is 18.2 Å². The SMILES string of the molecule is O=C(Nc1nnc(-c2ccc(Cl)s2)o1)c1ccc2c(c1)CCCC2. The summed E-state index contributed by atoms with van der Waals surface area (Å²) in [6.07, 6.45) is 4.51. The molecule has 1 amide bonds. The molecule has 2 heterocycles. The van der Waals surface area contributed by atoms with Crippen molar-refractivity contribution in [3.63, 3.8) is 0 Å². The van der Waals surface area contributed by atoms with Gasteiger partial charge in [0.1, 0.15) is 0 Å². The molecule has 0 atom stereocenters. The number of amides is 1. The molecule has 2 aromatic heterocycles. The summed E-state index contributed by atoms with van der Waals surface area (Å²) in [6, 6.07) is 9.48. The maximum atomic E-state index is 12.4. The summed E-state index contributed by atoms with van der Waals surface area (Å²) in [4.78, 5) is 13.2. The van der Waals surface area contributed by atoms with E-state index in [1.165, 1.54) is 35.3 Å². The van der Waals surface area contributed by atoms with E-state index in [-0.39, 0.29) is 11.9 Å². The number of carbonyl (C=O) groups is 1. The van der Waals surface area contributed by atoms with Gasteiger partial charge in [0.05, 0.1) is 9.21 Å². The molecule has 1 aromatic carbocycles. The van der Waals surface area contributed by atoms with Crippen molar-refractivity contribution in [3.8, 4) is 10.8 Å². The quantitative estimate of drug-likeness (QED) is 0.743. The van der Waals surface area contributed by atoms with E-state index >= 15 is 0 Å². The Bertz CT molecular complexity index is 903. The average molecular weight is 360 g/mol. The van der Waals surface area contributed by atoms with E-state index in [2.05, 4.69) is 15.5 Å². The first-order valence-electron chi connectivity index (χ1n) is 7.71. The zero-order chi connectivity index (χ0) is 16.5. The molecule has 24 heavy (non-hydrogen) atoms. The second kappa shape index (κ2) is 6.37. The molecule has 3 aromatic rings. The van der Waals surface area contributed by atoms with Crippen LogP contribution in [0, 0.1) is 0 Å². The molecule has 0 aliphatic heterocycles. The van der Waals surface area contributed by atoms with E-state index in [4.69, 9.17) is 16.0 Å². The number of carbonyl (C=O) groups excluding carboxylic acids is 1. The van der Waals surface area contributed by atoms with Gasteiger partial charge >= 0.3 is 6.01 Å². The molecule has 0 spiro atoms. The second-order valence-corrected chi connectivity index (χ2v) is 7.38. The van der Waals surface area contributed by atoms with Crippen LogP contribution in [0.5, 0.6) is 0 Å². The summed E-state index contributed by atoms with van der Waals surface area (Å²) < 4.78 is 6.13. The Morgan fingerprint density at radius 3 is 2.75 bits per heavy atom. The van der Waals surface area contributed by atoms with Crippen molar-refractivity contribution in [2.24, 2.45) is 0 Å². The summed E-state index contributed by atoms with van der Waals surface area (Å²) in [6.45, 7) is 0. The first-order valence-corrected chi connectivity index (χ1v) is 8.91. The lowest BCUT2D eigenvalue weighted by molar-refractivity contribution is 0.102. The Kier molecular flexibility index (Phi) is 4.08. The fourth-order valence-electron chi connectivity index (χ4n) is 2.85. The van der Waals surface area contributed by atoms with Gasteiger partial charge in [0, 0.05) is 5.56 Å². The minimum Gasteiger partial charge on any atom is -0.402 e. The molecule has 1 aliphatic rings. The van der Waals surface area contributed by atoms with Gasteiger partial charge in [0.15, 0.2) is 0 Å². The molecule has 1 aliphatic carbocycles. The van der Waals surface area contributed by atoms with Gasteiger partial charge in [-0.3, -0.25) is 10.1 Å². The van der Waals surface area contributed by atoms with Crippen molar-refractivity contribution in [2.45, 2.75) is 25.7 Å². The van der Waals surface area contributed by atoms with Gasteiger partial charge in [-0.05, 0) is 61.1 Å². The molecular weight excluding hydrogens is 346 g/mol. The molecule has 5 nitrogen and oxygen atoms in total. The van der Waals surface area contributed by atoms with E-state index in [1.54, 1.807) is 12.1 Å². The third-order valence-corrected chi connectivity index (χ3v) is 5.26. The molecule has 0 saturated carbocycles. The van der Waals surface area contributed by atoms with Gasteiger partial charge in [-0.2, -0.15) is 0 Å². The van der Waals surface area contributed by atoms with E-state index in [0.717, 1.165) is 17.7 Å². The second-order valence-electron chi connectivity index (χ2n) is 5.66. The third-order valence-electron chi connectivity index (χ3n) is 4.04. The van der Waals surface area contributed by atoms with Crippen LogP contribution in [0.4, 0.5) is 6.01 Å². The molecule has 0 fully saturated rings. The van der Waals surface area contributed by atoms with Crippen LogP contribution in [0.15, 0.2) is 34.7 Å². The highest BCUT2D eigenvalue weighted by atomic mass is 35.5. The zero-order valence-electron chi connectivity index (χ0n) is 12.7. The van der Waals surface area contributed by atoms with Crippen LogP contribution < -0.4 is 5.32 Å². The molecular formula is C17H14ClN3O2S. The Hall–Kier alpha value is -2.18. The predicted octanol–water partition coefficient (Wildman–Crippen LogP) is 4.58. The summed E-state index contributed by atoms with van der Waals surface area (Å²) in [5, 5.41) is 10.5. The summed E-state index contributed by atoms with van der Waals surface area (Å²) >= 11 is 7.24. The zero-order valence-corrected chi connectivity index (χ0v) is 14.3. The number of nitrogens with one attached hydrogen (secondary N) is 1. The number of nitrogens with zero attached hydrogens (tertiary/aromatic N) is 2. The smallest absolute Gasteiger partial charge is 0.322 e. The number of anilines is 1. The number of hydrogen-bond donors (Lipinski definition) is 1. The normalized spacial score (nSPS) is 13.5. The largest absolute Gasteiger partial charge is 0.402 e. The average Bonchev–Trinajstić information content (AvgIpc) is 3.23. The number of aromatic nitrogens is 2. The lowest BCUT2D eigenvalue weighted by Gasteiger charge is -2.16. The van der Waals surface area contributed by atoms with Crippen molar-refractivity contribution < 1.29 is 9.21 Å². The fourth-order valence-corrected chi connectivity index (χ4v) is 3.81. The van der Waals surface area contributed by atoms with Crippen LogP contribution in [0.3, 0.4) is 0 Å². The van der Waals surface area contributed by atoms with E-state index in [0.29, 0.717) is 15.8 Å². The minimum absolute atomic E-state index is 0.0808. The predicted molar refractivity (Wildman–Crippen MR) is 93.7 cm³/mol. The lowest BCUT2D eigenvalue weighted by Crippen LogP contribution is -2.13. The van der Waals surface area contributed by atoms with Crippen LogP contribution in [0.2, 0.25) is 4.34 Å². The first-order chi connectivity index (χ1) is 11.7. The highest BCUT2D eigenvalue weighted by Crippen LogP contribution is 2.30. The number of benzene rings is 1. The number of hydrogen-bond acceptors (Lipinski definition) is 5. The van der Waals surface area contributed by atoms with Gasteiger partial charge in [-0.15, -0.1) is 16.4 Å². The summed E-state index contributed by atoms with van der Waals surface area (Å²) in [5.41, 5.74) is 3.20. The van der Waals surface area contributed by atoms with Crippen LogP contribution in [-0.2, 0) is 12.8 Å². The van der Waals surface area contributed by atoms with Crippen LogP contribution in [-0.4, -0.2) is 16.1 Å².